The van der Waals surface area contributed by atoms with Crippen LogP contribution in [-0.4, -0.2) is 53.3 Å². The number of rotatable bonds is 1. The smallest absolute Gasteiger partial charge is 0.324 e. The lowest BCUT2D eigenvalue weighted by Crippen LogP contribution is -2.62. The lowest BCUT2D eigenvalue weighted by Gasteiger charge is -2.41. The van der Waals surface area contributed by atoms with E-state index in [4.69, 9.17) is 0 Å². The number of carbonyl (C=O) groups excluding carboxylic acids is 3. The summed E-state index contributed by atoms with van der Waals surface area (Å²) in [7, 11) is 0. The van der Waals surface area contributed by atoms with E-state index in [-0.39, 0.29) is 30.4 Å². The van der Waals surface area contributed by atoms with Crippen molar-refractivity contribution >= 4 is 17.8 Å². The molecular formula is C8H11N3O3. The van der Waals surface area contributed by atoms with Crippen molar-refractivity contribution in [2.75, 3.05) is 19.6 Å². The van der Waals surface area contributed by atoms with Gasteiger partial charge in [-0.25, -0.2) is 4.79 Å². The molecule has 0 aromatic carbocycles. The van der Waals surface area contributed by atoms with Gasteiger partial charge in [0, 0.05) is 20.0 Å². The summed E-state index contributed by atoms with van der Waals surface area (Å²) < 4.78 is 0. The van der Waals surface area contributed by atoms with Crippen molar-refractivity contribution in [1.82, 2.24) is 15.1 Å². The van der Waals surface area contributed by atoms with Crippen LogP contribution in [0.5, 0.6) is 0 Å². The summed E-state index contributed by atoms with van der Waals surface area (Å²) >= 11 is 0. The molecule has 0 bridgehead atoms. The van der Waals surface area contributed by atoms with E-state index < -0.39 is 0 Å². The van der Waals surface area contributed by atoms with Crippen LogP contribution in [0.4, 0.5) is 4.79 Å². The molecule has 2 rings (SSSR count). The van der Waals surface area contributed by atoms with Gasteiger partial charge in [-0.2, -0.15) is 0 Å². The number of urea groups is 1. The molecule has 4 amide bonds. The van der Waals surface area contributed by atoms with E-state index in [1.807, 2.05) is 0 Å². The van der Waals surface area contributed by atoms with Gasteiger partial charge < -0.3 is 10.2 Å². The van der Waals surface area contributed by atoms with Gasteiger partial charge >= 0.3 is 6.03 Å². The molecule has 0 aromatic rings. The minimum Gasteiger partial charge on any atom is -0.339 e. The third-order valence-corrected chi connectivity index (χ3v) is 2.55. The first kappa shape index (κ1) is 8.98. The SMILES string of the molecule is CC(=O)N1CC(N2C(=O)CNC2=O)C1. The fourth-order valence-corrected chi connectivity index (χ4v) is 1.68. The highest BCUT2D eigenvalue weighted by Crippen LogP contribution is 2.17. The van der Waals surface area contributed by atoms with Crippen molar-refractivity contribution in [2.24, 2.45) is 0 Å². The number of nitrogens with zero attached hydrogens (tertiary/aromatic N) is 2. The van der Waals surface area contributed by atoms with Crippen molar-refractivity contribution < 1.29 is 14.4 Å². The quantitative estimate of drug-likeness (QED) is 0.535. The summed E-state index contributed by atoms with van der Waals surface area (Å²) in [5.74, 6) is -0.225. The molecule has 2 aliphatic rings. The molecule has 6 nitrogen and oxygen atoms in total. The molecule has 14 heavy (non-hydrogen) atoms. The Labute approximate surface area is 80.8 Å². The van der Waals surface area contributed by atoms with Gasteiger partial charge in [-0.15, -0.1) is 0 Å². The average molecular weight is 197 g/mol. The summed E-state index contributed by atoms with van der Waals surface area (Å²) in [5.41, 5.74) is 0. The van der Waals surface area contributed by atoms with E-state index in [1.165, 1.54) is 11.8 Å². The topological polar surface area (TPSA) is 69.7 Å². The van der Waals surface area contributed by atoms with Crippen LogP contribution in [-0.2, 0) is 9.59 Å². The Hall–Kier alpha value is -1.59. The predicted molar refractivity (Wildman–Crippen MR) is 46.3 cm³/mol. The van der Waals surface area contributed by atoms with Gasteiger partial charge in [0.05, 0.1) is 12.6 Å². The molecule has 0 aromatic heterocycles. The summed E-state index contributed by atoms with van der Waals surface area (Å²) in [4.78, 5) is 36.1. The van der Waals surface area contributed by atoms with Crippen LogP contribution in [0.3, 0.4) is 0 Å². The zero-order valence-electron chi connectivity index (χ0n) is 7.82. The van der Waals surface area contributed by atoms with Crippen molar-refractivity contribution in [2.45, 2.75) is 13.0 Å². The number of nitrogens with one attached hydrogen (secondary N) is 1. The van der Waals surface area contributed by atoms with Crippen molar-refractivity contribution in [3.63, 3.8) is 0 Å². The van der Waals surface area contributed by atoms with Crippen LogP contribution in [0.15, 0.2) is 0 Å². The number of likely N-dealkylation sites (tertiary alicyclic amines) is 1. The van der Waals surface area contributed by atoms with Gasteiger partial charge in [0.2, 0.25) is 11.8 Å². The van der Waals surface area contributed by atoms with Gasteiger partial charge in [-0.1, -0.05) is 0 Å². The van der Waals surface area contributed by atoms with Crippen LogP contribution in [0, 0.1) is 0 Å². The fourth-order valence-electron chi connectivity index (χ4n) is 1.68. The molecule has 2 fully saturated rings. The Bertz CT molecular complexity index is 293. The molecule has 2 aliphatic heterocycles. The molecule has 1 N–H and O–H groups in total. The first-order valence-electron chi connectivity index (χ1n) is 4.45. The van der Waals surface area contributed by atoms with Crippen LogP contribution >= 0.6 is 0 Å². The van der Waals surface area contributed by atoms with Crippen molar-refractivity contribution in [3.05, 3.63) is 0 Å². The number of carbonyl (C=O) groups is 3. The second-order valence-corrected chi connectivity index (χ2v) is 3.50. The molecule has 2 heterocycles. The molecule has 0 spiro atoms. The van der Waals surface area contributed by atoms with Crippen LogP contribution in [0.25, 0.3) is 0 Å². The fraction of sp³-hybridized carbons (Fsp3) is 0.625. The molecule has 0 atom stereocenters. The monoisotopic (exact) mass is 197 g/mol. The van der Waals surface area contributed by atoms with Crippen molar-refractivity contribution in [3.8, 4) is 0 Å². The van der Waals surface area contributed by atoms with Crippen LogP contribution in [0.1, 0.15) is 6.92 Å². The molecule has 2 saturated heterocycles. The zero-order chi connectivity index (χ0) is 10.3. The second-order valence-electron chi connectivity index (χ2n) is 3.50. The molecule has 0 unspecified atom stereocenters. The Kier molecular flexibility index (Phi) is 1.90. The van der Waals surface area contributed by atoms with E-state index in [9.17, 15) is 14.4 Å². The molecule has 0 aliphatic carbocycles. The average Bonchev–Trinajstić information content (AvgIpc) is 2.32. The Morgan fingerprint density at radius 3 is 2.50 bits per heavy atom. The predicted octanol–water partition coefficient (Wildman–Crippen LogP) is -1.23. The summed E-state index contributed by atoms with van der Waals surface area (Å²) in [6.07, 6.45) is 0. The minimum atomic E-state index is -0.344. The Morgan fingerprint density at radius 1 is 1.43 bits per heavy atom. The first-order chi connectivity index (χ1) is 6.59. The van der Waals surface area contributed by atoms with E-state index in [0.717, 1.165) is 0 Å². The molecular weight excluding hydrogens is 186 g/mol. The van der Waals surface area contributed by atoms with E-state index in [0.29, 0.717) is 13.1 Å². The Balaban J connectivity index is 1.96. The molecule has 6 heteroatoms. The van der Waals surface area contributed by atoms with Crippen molar-refractivity contribution in [1.29, 1.82) is 0 Å². The second kappa shape index (κ2) is 2.97. The molecule has 0 radical (unpaired) electrons. The summed E-state index contributed by atoms with van der Waals surface area (Å²) in [6, 6.07) is -0.475. The number of hydrogen-bond donors (Lipinski definition) is 1. The lowest BCUT2D eigenvalue weighted by molar-refractivity contribution is -0.140. The third kappa shape index (κ3) is 1.23. The first-order valence-corrected chi connectivity index (χ1v) is 4.45. The maximum absolute atomic E-state index is 11.2. The largest absolute Gasteiger partial charge is 0.339 e. The van der Waals surface area contributed by atoms with Gasteiger partial charge in [-0.05, 0) is 0 Å². The van der Waals surface area contributed by atoms with Gasteiger partial charge in [0.1, 0.15) is 0 Å². The minimum absolute atomic E-state index is 0.0201. The van der Waals surface area contributed by atoms with Gasteiger partial charge in [0.25, 0.3) is 0 Å². The standard InChI is InChI=1S/C8H11N3O3/c1-5(12)10-3-6(4-10)11-7(13)2-9-8(11)14/h6H,2-4H2,1H3,(H,9,14). The number of hydrogen-bond acceptors (Lipinski definition) is 3. The summed E-state index contributed by atoms with van der Waals surface area (Å²) in [5, 5.41) is 2.45. The zero-order valence-corrected chi connectivity index (χ0v) is 7.82. The van der Waals surface area contributed by atoms with E-state index in [1.54, 1.807) is 4.90 Å². The van der Waals surface area contributed by atoms with E-state index in [2.05, 4.69) is 5.32 Å². The van der Waals surface area contributed by atoms with Gasteiger partial charge in [0.15, 0.2) is 0 Å². The van der Waals surface area contributed by atoms with Crippen LogP contribution < -0.4 is 5.32 Å². The molecule has 76 valence electrons. The lowest BCUT2D eigenvalue weighted by atomic mass is 10.1. The highest BCUT2D eigenvalue weighted by Gasteiger charge is 2.41. The van der Waals surface area contributed by atoms with E-state index >= 15 is 0 Å². The Morgan fingerprint density at radius 2 is 2.07 bits per heavy atom. The molecule has 0 saturated carbocycles. The third-order valence-electron chi connectivity index (χ3n) is 2.55. The number of amides is 4. The highest BCUT2D eigenvalue weighted by molar-refractivity contribution is 6.02. The maximum atomic E-state index is 11.2. The maximum Gasteiger partial charge on any atom is 0.324 e. The highest BCUT2D eigenvalue weighted by atomic mass is 16.2. The number of imide groups is 1. The summed E-state index contributed by atoms with van der Waals surface area (Å²) in [6.45, 7) is 2.49. The van der Waals surface area contributed by atoms with Crippen LogP contribution in [0.2, 0.25) is 0 Å². The van der Waals surface area contributed by atoms with Gasteiger partial charge in [-0.3, -0.25) is 14.5 Å². The normalized spacial score (nSPS) is 22.4.